The van der Waals surface area contributed by atoms with Gasteiger partial charge >= 0.3 is 0 Å². The second-order valence-corrected chi connectivity index (χ2v) is 12.0. The summed E-state index contributed by atoms with van der Waals surface area (Å²) in [6.07, 6.45) is 22.6. The van der Waals surface area contributed by atoms with E-state index in [-0.39, 0.29) is 6.42 Å². The number of unbranched alkanes of at least 4 members (excludes halogenated alkanes) is 15. The number of hydrogen-bond acceptors (Lipinski definition) is 5. The van der Waals surface area contributed by atoms with Gasteiger partial charge in [-0.25, -0.2) is 0 Å². The lowest BCUT2D eigenvalue weighted by Crippen LogP contribution is -2.50. The first-order chi connectivity index (χ1) is 17.7. The van der Waals surface area contributed by atoms with E-state index in [4.69, 9.17) is 0 Å². The van der Waals surface area contributed by atoms with E-state index in [0.29, 0.717) is 19.3 Å². The third kappa shape index (κ3) is 23.9. The number of nitrogens with one attached hydrogen (secondary N) is 1. The number of hydrogen-bond donors (Lipinski definition) is 4. The maximum absolute atomic E-state index is 12.4. The van der Waals surface area contributed by atoms with Crippen molar-refractivity contribution >= 4 is 16.0 Å². The average molecular weight is 548 g/mol. The van der Waals surface area contributed by atoms with Crippen molar-refractivity contribution in [3.63, 3.8) is 0 Å². The molecule has 3 unspecified atom stereocenters. The molecule has 0 aliphatic carbocycles. The predicted octanol–water partition coefficient (Wildman–Crippen LogP) is 6.48. The molecule has 7 nitrogen and oxygen atoms in total. The lowest BCUT2D eigenvalue weighted by Gasteiger charge is -2.24. The van der Waals surface area contributed by atoms with Crippen LogP contribution in [0, 0.1) is 0 Å². The molecule has 0 aromatic heterocycles. The Morgan fingerprint density at radius 3 is 1.68 bits per heavy atom. The SMILES string of the molecule is CCCCCC/C=C\CCC(O)C(=O)NC(CS(=O)(=O)O)C(O)CCCCCCCCCCCCCC. The summed E-state index contributed by atoms with van der Waals surface area (Å²) in [5, 5.41) is 23.1. The Morgan fingerprint density at radius 2 is 1.16 bits per heavy atom. The quantitative estimate of drug-likeness (QED) is 0.0558. The topological polar surface area (TPSA) is 124 Å². The molecule has 0 aliphatic heterocycles. The van der Waals surface area contributed by atoms with Crippen LogP contribution in [-0.2, 0) is 14.9 Å². The average Bonchev–Trinajstić information content (AvgIpc) is 2.84. The van der Waals surface area contributed by atoms with Crippen LogP contribution < -0.4 is 5.32 Å². The van der Waals surface area contributed by atoms with E-state index in [1.165, 1.54) is 70.6 Å². The Hall–Kier alpha value is -0.960. The van der Waals surface area contributed by atoms with Crippen molar-refractivity contribution in [2.75, 3.05) is 5.75 Å². The molecule has 0 fully saturated rings. The number of aliphatic hydroxyl groups is 2. The van der Waals surface area contributed by atoms with Crippen LogP contribution in [0.15, 0.2) is 12.2 Å². The normalized spacial score (nSPS) is 14.6. The van der Waals surface area contributed by atoms with Gasteiger partial charge in [-0.15, -0.1) is 0 Å². The van der Waals surface area contributed by atoms with Crippen molar-refractivity contribution in [3.8, 4) is 0 Å². The van der Waals surface area contributed by atoms with Crippen molar-refractivity contribution < 1.29 is 28.0 Å². The minimum Gasteiger partial charge on any atom is -0.391 e. The number of rotatable bonds is 26. The number of amides is 1. The first kappa shape index (κ1) is 36.0. The highest BCUT2D eigenvalue weighted by molar-refractivity contribution is 7.85. The minimum absolute atomic E-state index is 0.213. The molecular formula is C29H57NO6S. The van der Waals surface area contributed by atoms with E-state index >= 15 is 0 Å². The van der Waals surface area contributed by atoms with Gasteiger partial charge in [0.25, 0.3) is 10.1 Å². The Kier molecular flexibility index (Phi) is 23.5. The molecule has 8 heteroatoms. The number of carbonyl (C=O) groups is 1. The molecule has 0 bridgehead atoms. The molecule has 0 aromatic carbocycles. The summed E-state index contributed by atoms with van der Waals surface area (Å²) >= 11 is 0. The van der Waals surface area contributed by atoms with Crippen LogP contribution in [0.5, 0.6) is 0 Å². The molecule has 1 amide bonds. The summed E-state index contributed by atoms with van der Waals surface area (Å²) < 4.78 is 32.1. The van der Waals surface area contributed by atoms with E-state index < -0.39 is 40.0 Å². The second kappa shape index (κ2) is 24.1. The Labute approximate surface area is 227 Å². The lowest BCUT2D eigenvalue weighted by atomic mass is 10.0. The van der Waals surface area contributed by atoms with Gasteiger partial charge in [0, 0.05) is 0 Å². The minimum atomic E-state index is -4.40. The van der Waals surface area contributed by atoms with E-state index in [1.807, 2.05) is 6.08 Å². The lowest BCUT2D eigenvalue weighted by molar-refractivity contribution is -0.131. The molecule has 0 saturated carbocycles. The zero-order valence-electron chi connectivity index (χ0n) is 23.7. The van der Waals surface area contributed by atoms with Crippen LogP contribution in [0.25, 0.3) is 0 Å². The molecule has 0 spiro atoms. The van der Waals surface area contributed by atoms with Gasteiger partial charge in [0.2, 0.25) is 5.91 Å². The molecule has 220 valence electrons. The predicted molar refractivity (Wildman–Crippen MR) is 153 cm³/mol. The molecule has 37 heavy (non-hydrogen) atoms. The zero-order valence-corrected chi connectivity index (χ0v) is 24.5. The molecule has 0 rings (SSSR count). The smallest absolute Gasteiger partial charge is 0.266 e. The summed E-state index contributed by atoms with van der Waals surface area (Å²) in [4.78, 5) is 12.4. The highest BCUT2D eigenvalue weighted by atomic mass is 32.2. The van der Waals surface area contributed by atoms with Crippen LogP contribution in [0.1, 0.15) is 142 Å². The summed E-state index contributed by atoms with van der Waals surface area (Å²) in [7, 11) is -4.40. The first-order valence-corrected chi connectivity index (χ1v) is 16.6. The third-order valence-electron chi connectivity index (χ3n) is 6.84. The van der Waals surface area contributed by atoms with Crippen molar-refractivity contribution in [2.45, 2.75) is 161 Å². The largest absolute Gasteiger partial charge is 0.391 e. The molecule has 0 radical (unpaired) electrons. The number of carbonyl (C=O) groups excluding carboxylic acids is 1. The fourth-order valence-electron chi connectivity index (χ4n) is 4.46. The summed E-state index contributed by atoms with van der Waals surface area (Å²) in [5.41, 5.74) is 0. The molecule has 4 N–H and O–H groups in total. The first-order valence-electron chi connectivity index (χ1n) is 15.0. The van der Waals surface area contributed by atoms with Crippen molar-refractivity contribution in [1.29, 1.82) is 0 Å². The second-order valence-electron chi connectivity index (χ2n) is 10.5. The molecule has 3 atom stereocenters. The van der Waals surface area contributed by atoms with Gasteiger partial charge < -0.3 is 15.5 Å². The van der Waals surface area contributed by atoms with Crippen molar-refractivity contribution in [2.24, 2.45) is 0 Å². The summed E-state index contributed by atoms with van der Waals surface area (Å²) in [6, 6.07) is -1.15. The van der Waals surface area contributed by atoms with Crippen molar-refractivity contribution in [3.05, 3.63) is 12.2 Å². The van der Waals surface area contributed by atoms with Gasteiger partial charge in [0.15, 0.2) is 0 Å². The molecule has 0 aromatic rings. The van der Waals surface area contributed by atoms with Crippen LogP contribution in [0.4, 0.5) is 0 Å². The van der Waals surface area contributed by atoms with Crippen LogP contribution in [0.2, 0.25) is 0 Å². The molecular weight excluding hydrogens is 490 g/mol. The van der Waals surface area contributed by atoms with Crippen LogP contribution >= 0.6 is 0 Å². The van der Waals surface area contributed by atoms with Crippen molar-refractivity contribution in [1.82, 2.24) is 5.32 Å². The van der Waals surface area contributed by atoms with Gasteiger partial charge in [0.05, 0.1) is 17.9 Å². The maximum Gasteiger partial charge on any atom is 0.266 e. The Balaban J connectivity index is 4.23. The summed E-state index contributed by atoms with van der Waals surface area (Å²) in [6.45, 7) is 4.40. The zero-order chi connectivity index (χ0) is 27.8. The fraction of sp³-hybridized carbons (Fsp3) is 0.897. The van der Waals surface area contributed by atoms with Gasteiger partial charge in [-0.1, -0.05) is 122 Å². The molecule has 0 saturated heterocycles. The summed E-state index contributed by atoms with van der Waals surface area (Å²) in [5.74, 6) is -1.50. The van der Waals surface area contributed by atoms with Gasteiger partial charge in [0.1, 0.15) is 6.10 Å². The molecule has 0 heterocycles. The van der Waals surface area contributed by atoms with E-state index in [9.17, 15) is 28.0 Å². The highest BCUT2D eigenvalue weighted by Crippen LogP contribution is 2.14. The maximum atomic E-state index is 12.4. The standard InChI is InChI=1S/C29H57NO6S/c1-3-5-7-9-11-13-14-15-16-18-19-21-23-27(31)26(25-37(34,35)36)30-29(33)28(32)24-22-20-17-12-10-8-6-4-2/h17,20,26-28,31-32H,3-16,18-19,21-25H2,1-2H3,(H,30,33)(H,34,35,36)/b20-17-. The highest BCUT2D eigenvalue weighted by Gasteiger charge is 2.28. The van der Waals surface area contributed by atoms with Gasteiger partial charge in [-0.3, -0.25) is 9.35 Å². The number of aliphatic hydroxyl groups excluding tert-OH is 2. The molecule has 0 aliphatic rings. The van der Waals surface area contributed by atoms with Crippen LogP contribution in [0.3, 0.4) is 0 Å². The monoisotopic (exact) mass is 547 g/mol. The van der Waals surface area contributed by atoms with E-state index in [2.05, 4.69) is 25.2 Å². The van der Waals surface area contributed by atoms with Gasteiger partial charge in [-0.05, 0) is 32.1 Å². The number of allylic oxidation sites excluding steroid dienone is 2. The van der Waals surface area contributed by atoms with E-state index in [0.717, 1.165) is 32.1 Å². The Morgan fingerprint density at radius 1 is 0.703 bits per heavy atom. The van der Waals surface area contributed by atoms with E-state index in [1.54, 1.807) is 0 Å². The van der Waals surface area contributed by atoms with Gasteiger partial charge in [-0.2, -0.15) is 8.42 Å². The Bertz CT molecular complexity index is 667. The third-order valence-corrected chi connectivity index (χ3v) is 7.62. The fourth-order valence-corrected chi connectivity index (χ4v) is 5.22. The van der Waals surface area contributed by atoms with Crippen LogP contribution in [-0.4, -0.2) is 53.1 Å².